The number of halogens is 1. The fourth-order valence-corrected chi connectivity index (χ4v) is 2.85. The first-order valence-corrected chi connectivity index (χ1v) is 8.84. The number of carbonyl (C=O) groups is 1. The van der Waals surface area contributed by atoms with Gasteiger partial charge in [0.1, 0.15) is 5.75 Å². The summed E-state index contributed by atoms with van der Waals surface area (Å²) in [6.07, 6.45) is 1.90. The minimum Gasteiger partial charge on any atom is -0.496 e. The number of methoxy groups -OCH3 is 1. The molecule has 0 bridgehead atoms. The predicted octanol–water partition coefficient (Wildman–Crippen LogP) is 4.45. The maximum Gasteiger partial charge on any atom is 0.244 e. The van der Waals surface area contributed by atoms with E-state index in [4.69, 9.17) is 4.74 Å². The third kappa shape index (κ3) is 5.71. The van der Waals surface area contributed by atoms with Gasteiger partial charge in [0.25, 0.3) is 0 Å². The van der Waals surface area contributed by atoms with E-state index in [2.05, 4.69) is 59.4 Å². The highest BCUT2D eigenvalue weighted by Crippen LogP contribution is 2.25. The number of rotatable bonds is 5. The fourth-order valence-electron chi connectivity index (χ4n) is 2.29. The first-order chi connectivity index (χ1) is 11.8. The van der Waals surface area contributed by atoms with Crippen LogP contribution < -0.4 is 10.2 Å². The van der Waals surface area contributed by atoms with Crippen LogP contribution in [0.1, 0.15) is 37.5 Å². The van der Waals surface area contributed by atoms with E-state index >= 15 is 0 Å². The summed E-state index contributed by atoms with van der Waals surface area (Å²) in [5, 5.41) is 4.00. The van der Waals surface area contributed by atoms with Crippen LogP contribution in [0.4, 0.5) is 0 Å². The van der Waals surface area contributed by atoms with Crippen molar-refractivity contribution in [2.75, 3.05) is 7.11 Å². The van der Waals surface area contributed by atoms with Gasteiger partial charge in [-0.1, -0.05) is 45.0 Å². The SMILES string of the molecule is COc1ccc(/C=N\NC(=O)Cc2ccc(C(C)(C)C)cc2)cc1Br. The molecule has 0 heterocycles. The van der Waals surface area contributed by atoms with Crippen molar-refractivity contribution in [1.82, 2.24) is 5.43 Å². The summed E-state index contributed by atoms with van der Waals surface area (Å²) in [7, 11) is 1.61. The fraction of sp³-hybridized carbons (Fsp3) is 0.300. The lowest BCUT2D eigenvalue weighted by Gasteiger charge is -2.19. The number of nitrogens with zero attached hydrogens (tertiary/aromatic N) is 1. The Bertz CT molecular complexity index is 762. The van der Waals surface area contributed by atoms with E-state index in [1.54, 1.807) is 13.3 Å². The number of benzene rings is 2. The molecule has 0 fully saturated rings. The molecule has 2 rings (SSSR count). The van der Waals surface area contributed by atoms with Crippen LogP contribution in [0.5, 0.6) is 5.75 Å². The molecular weight excluding hydrogens is 380 g/mol. The summed E-state index contributed by atoms with van der Waals surface area (Å²) >= 11 is 3.42. The van der Waals surface area contributed by atoms with Gasteiger partial charge in [0, 0.05) is 0 Å². The highest BCUT2D eigenvalue weighted by atomic mass is 79.9. The van der Waals surface area contributed by atoms with Crippen LogP contribution >= 0.6 is 15.9 Å². The first kappa shape index (κ1) is 19.2. The molecule has 0 aliphatic rings. The zero-order valence-corrected chi connectivity index (χ0v) is 16.6. The second-order valence-electron chi connectivity index (χ2n) is 6.81. The molecule has 0 spiro atoms. The van der Waals surface area contributed by atoms with Crippen LogP contribution in [-0.4, -0.2) is 19.2 Å². The van der Waals surface area contributed by atoms with Crippen molar-refractivity contribution in [3.05, 3.63) is 63.6 Å². The smallest absolute Gasteiger partial charge is 0.244 e. The van der Waals surface area contributed by atoms with Crippen molar-refractivity contribution in [3.8, 4) is 5.75 Å². The number of hydrogen-bond donors (Lipinski definition) is 1. The largest absolute Gasteiger partial charge is 0.496 e. The van der Waals surface area contributed by atoms with Gasteiger partial charge in [-0.2, -0.15) is 5.10 Å². The van der Waals surface area contributed by atoms with Crippen LogP contribution in [0, 0.1) is 0 Å². The highest BCUT2D eigenvalue weighted by molar-refractivity contribution is 9.10. The second kappa shape index (κ2) is 8.30. The van der Waals surface area contributed by atoms with Crippen LogP contribution in [0.2, 0.25) is 0 Å². The lowest BCUT2D eigenvalue weighted by molar-refractivity contribution is -0.120. The predicted molar refractivity (Wildman–Crippen MR) is 105 cm³/mol. The molecule has 2 aromatic rings. The Balaban J connectivity index is 1.91. The Morgan fingerprint density at radius 1 is 1.20 bits per heavy atom. The van der Waals surface area contributed by atoms with Crippen molar-refractivity contribution in [1.29, 1.82) is 0 Å². The van der Waals surface area contributed by atoms with Gasteiger partial charge >= 0.3 is 0 Å². The Morgan fingerprint density at radius 2 is 1.88 bits per heavy atom. The molecule has 0 aliphatic heterocycles. The molecule has 0 radical (unpaired) electrons. The number of carbonyl (C=O) groups excluding carboxylic acids is 1. The third-order valence-corrected chi connectivity index (χ3v) is 4.38. The normalized spacial score (nSPS) is 11.6. The van der Waals surface area contributed by atoms with Gasteiger partial charge in [0.2, 0.25) is 5.91 Å². The average molecular weight is 403 g/mol. The van der Waals surface area contributed by atoms with Crippen LogP contribution in [0.25, 0.3) is 0 Å². The molecule has 0 saturated heterocycles. The Morgan fingerprint density at radius 3 is 2.44 bits per heavy atom. The summed E-state index contributed by atoms with van der Waals surface area (Å²) in [6, 6.07) is 13.7. The van der Waals surface area contributed by atoms with Crippen molar-refractivity contribution >= 4 is 28.1 Å². The molecule has 0 aromatic heterocycles. The van der Waals surface area contributed by atoms with E-state index in [1.165, 1.54) is 5.56 Å². The molecule has 25 heavy (non-hydrogen) atoms. The van der Waals surface area contributed by atoms with E-state index in [-0.39, 0.29) is 11.3 Å². The van der Waals surface area contributed by atoms with E-state index < -0.39 is 0 Å². The van der Waals surface area contributed by atoms with Crippen molar-refractivity contribution < 1.29 is 9.53 Å². The van der Waals surface area contributed by atoms with E-state index in [0.717, 1.165) is 21.3 Å². The van der Waals surface area contributed by atoms with Gasteiger partial charge in [-0.3, -0.25) is 4.79 Å². The van der Waals surface area contributed by atoms with Gasteiger partial charge in [0.05, 0.1) is 24.2 Å². The lowest BCUT2D eigenvalue weighted by atomic mass is 9.86. The second-order valence-corrected chi connectivity index (χ2v) is 7.67. The van der Waals surface area contributed by atoms with Crippen molar-refractivity contribution in [2.45, 2.75) is 32.6 Å². The minimum atomic E-state index is -0.146. The number of hydrazone groups is 1. The zero-order chi connectivity index (χ0) is 18.4. The topological polar surface area (TPSA) is 50.7 Å². The summed E-state index contributed by atoms with van der Waals surface area (Å²) in [5.74, 6) is 0.604. The van der Waals surface area contributed by atoms with Crippen LogP contribution in [-0.2, 0) is 16.6 Å². The molecule has 1 N–H and O–H groups in total. The van der Waals surface area contributed by atoms with Gasteiger partial charge in [-0.25, -0.2) is 5.43 Å². The third-order valence-electron chi connectivity index (χ3n) is 3.76. The summed E-state index contributed by atoms with van der Waals surface area (Å²) in [5.41, 5.74) is 5.74. The van der Waals surface area contributed by atoms with E-state index in [9.17, 15) is 4.79 Å². The summed E-state index contributed by atoms with van der Waals surface area (Å²) in [6.45, 7) is 6.50. The monoisotopic (exact) mass is 402 g/mol. The standard InChI is InChI=1S/C20H23BrN2O2/c1-20(2,3)16-8-5-14(6-9-16)12-19(24)23-22-13-15-7-10-18(25-4)17(21)11-15/h5-11,13H,12H2,1-4H3,(H,23,24)/b22-13-. The number of nitrogens with one attached hydrogen (secondary N) is 1. The Kier molecular flexibility index (Phi) is 6.37. The number of hydrogen-bond acceptors (Lipinski definition) is 3. The molecule has 132 valence electrons. The quantitative estimate of drug-likeness (QED) is 0.593. The maximum absolute atomic E-state index is 12.0. The average Bonchev–Trinajstić information content (AvgIpc) is 2.54. The molecule has 0 saturated carbocycles. The zero-order valence-electron chi connectivity index (χ0n) is 15.0. The van der Waals surface area contributed by atoms with Crippen LogP contribution in [0.3, 0.4) is 0 Å². The Labute approximate surface area is 157 Å². The molecule has 4 nitrogen and oxygen atoms in total. The maximum atomic E-state index is 12.0. The Hall–Kier alpha value is -2.14. The van der Waals surface area contributed by atoms with Gasteiger partial charge in [-0.15, -0.1) is 0 Å². The van der Waals surface area contributed by atoms with E-state index in [0.29, 0.717) is 6.42 Å². The van der Waals surface area contributed by atoms with Gasteiger partial charge in [-0.05, 0) is 56.2 Å². The molecule has 2 aromatic carbocycles. The summed E-state index contributed by atoms with van der Waals surface area (Å²) < 4.78 is 6.01. The van der Waals surface area contributed by atoms with Crippen molar-refractivity contribution in [2.24, 2.45) is 5.10 Å². The molecule has 0 unspecified atom stereocenters. The molecule has 5 heteroatoms. The molecule has 0 atom stereocenters. The van der Waals surface area contributed by atoms with Crippen molar-refractivity contribution in [3.63, 3.8) is 0 Å². The number of amides is 1. The number of ether oxygens (including phenoxy) is 1. The lowest BCUT2D eigenvalue weighted by Crippen LogP contribution is -2.20. The van der Waals surface area contributed by atoms with Gasteiger partial charge < -0.3 is 4.74 Å². The molecular formula is C20H23BrN2O2. The molecule has 0 aliphatic carbocycles. The first-order valence-electron chi connectivity index (χ1n) is 8.04. The summed E-state index contributed by atoms with van der Waals surface area (Å²) in [4.78, 5) is 12.0. The van der Waals surface area contributed by atoms with Crippen LogP contribution in [0.15, 0.2) is 52.0 Å². The highest BCUT2D eigenvalue weighted by Gasteiger charge is 2.13. The minimum absolute atomic E-state index is 0.109. The molecule has 1 amide bonds. The van der Waals surface area contributed by atoms with E-state index in [1.807, 2.05) is 30.3 Å². The van der Waals surface area contributed by atoms with Gasteiger partial charge in [0.15, 0.2) is 0 Å².